The van der Waals surface area contributed by atoms with Gasteiger partial charge in [0.05, 0.1) is 11.0 Å². The second-order valence-electron chi connectivity index (χ2n) is 5.67. The van der Waals surface area contributed by atoms with Gasteiger partial charge in [-0.3, -0.25) is 10.1 Å². The molecule has 1 fully saturated rings. The van der Waals surface area contributed by atoms with Gasteiger partial charge in [-0.2, -0.15) is 0 Å². The summed E-state index contributed by atoms with van der Waals surface area (Å²) in [6.07, 6.45) is -1.94. The average Bonchev–Trinajstić information content (AvgIpc) is 3.07. The number of hydrogen-bond donors (Lipinski definition) is 1. The van der Waals surface area contributed by atoms with Crippen LogP contribution >= 0.6 is 0 Å². The van der Waals surface area contributed by atoms with Crippen molar-refractivity contribution in [2.75, 3.05) is 13.7 Å². The van der Waals surface area contributed by atoms with Crippen molar-refractivity contribution in [2.24, 2.45) is 5.73 Å². The molecular formula is C18H17F2N3O6. The second kappa shape index (κ2) is 9.55. The molecule has 2 N–H and O–H groups in total. The first-order valence-corrected chi connectivity index (χ1v) is 8.29. The van der Waals surface area contributed by atoms with Crippen LogP contribution in [-0.4, -0.2) is 41.7 Å². The standard InChI is InChI=1S/C17H12F2N2O6.CH5N/c18-14-6-1-10(8-15(14)19)7-12-9-26-16(22)20(12)17(23)27-13-4-2-11(3-5-13)21(24)25;1-2/h1-6,8,12H,7,9H2;2H2,1H3. The molecule has 0 saturated carbocycles. The Morgan fingerprint density at radius 2 is 1.90 bits per heavy atom. The van der Waals surface area contributed by atoms with Gasteiger partial charge >= 0.3 is 12.2 Å². The molecule has 1 atom stereocenters. The molecule has 0 bridgehead atoms. The number of ether oxygens (including phenoxy) is 2. The lowest BCUT2D eigenvalue weighted by Crippen LogP contribution is -2.41. The monoisotopic (exact) mass is 409 g/mol. The molecule has 2 aromatic rings. The SMILES string of the molecule is CN.O=C1OCC(Cc2ccc(F)c(F)c2)N1C(=O)Oc1ccc([N+](=O)[O-])cc1. The molecule has 9 nitrogen and oxygen atoms in total. The summed E-state index contributed by atoms with van der Waals surface area (Å²) >= 11 is 0. The number of carbonyl (C=O) groups excluding carboxylic acids is 2. The zero-order valence-corrected chi connectivity index (χ0v) is 15.2. The van der Waals surface area contributed by atoms with E-state index in [9.17, 15) is 28.5 Å². The summed E-state index contributed by atoms with van der Waals surface area (Å²) < 4.78 is 36.2. The molecule has 0 aromatic heterocycles. The first kappa shape index (κ1) is 21.7. The third-order valence-electron chi connectivity index (χ3n) is 3.87. The normalized spacial score (nSPS) is 15.2. The maximum absolute atomic E-state index is 13.3. The first-order valence-electron chi connectivity index (χ1n) is 8.29. The largest absolute Gasteiger partial charge is 0.447 e. The van der Waals surface area contributed by atoms with Gasteiger partial charge in [-0.15, -0.1) is 0 Å². The minimum absolute atomic E-state index is 0.00289. The quantitative estimate of drug-likeness (QED) is 0.608. The summed E-state index contributed by atoms with van der Waals surface area (Å²) in [7, 11) is 1.50. The predicted octanol–water partition coefficient (Wildman–Crippen LogP) is 3.01. The van der Waals surface area contributed by atoms with Gasteiger partial charge in [-0.25, -0.2) is 23.3 Å². The minimum Gasteiger partial charge on any atom is -0.447 e. The number of hydrogen-bond acceptors (Lipinski definition) is 7. The Balaban J connectivity index is 0.00000145. The average molecular weight is 409 g/mol. The van der Waals surface area contributed by atoms with Crippen LogP contribution in [0, 0.1) is 21.7 Å². The molecule has 0 radical (unpaired) electrons. The Bertz CT molecular complexity index is 907. The smallest absolute Gasteiger partial charge is 0.425 e. The molecule has 1 aliphatic heterocycles. The number of amides is 2. The van der Waals surface area contributed by atoms with E-state index in [2.05, 4.69) is 5.73 Å². The van der Waals surface area contributed by atoms with Gasteiger partial charge in [0.1, 0.15) is 12.4 Å². The first-order chi connectivity index (χ1) is 13.8. The summed E-state index contributed by atoms with van der Waals surface area (Å²) in [6.45, 7) is -0.132. The van der Waals surface area contributed by atoms with Gasteiger partial charge in [0.15, 0.2) is 11.6 Å². The number of nitro groups is 1. The van der Waals surface area contributed by atoms with E-state index in [1.165, 1.54) is 25.2 Å². The van der Waals surface area contributed by atoms with E-state index in [1.807, 2.05) is 0 Å². The zero-order valence-electron chi connectivity index (χ0n) is 15.2. The van der Waals surface area contributed by atoms with Gasteiger partial charge in [0, 0.05) is 12.1 Å². The van der Waals surface area contributed by atoms with E-state index >= 15 is 0 Å². The van der Waals surface area contributed by atoms with Crippen LogP contribution in [0.4, 0.5) is 24.1 Å². The van der Waals surface area contributed by atoms with Crippen LogP contribution in [0.1, 0.15) is 5.56 Å². The lowest BCUT2D eigenvalue weighted by molar-refractivity contribution is -0.384. The van der Waals surface area contributed by atoms with Crippen LogP contribution in [0.25, 0.3) is 0 Å². The van der Waals surface area contributed by atoms with Gasteiger partial charge in [-0.05, 0) is 43.3 Å². The molecular weight excluding hydrogens is 392 g/mol. The summed E-state index contributed by atoms with van der Waals surface area (Å²) in [5.41, 5.74) is 4.68. The molecule has 29 heavy (non-hydrogen) atoms. The summed E-state index contributed by atoms with van der Waals surface area (Å²) in [5.74, 6) is -2.05. The van der Waals surface area contributed by atoms with Crippen molar-refractivity contribution in [2.45, 2.75) is 12.5 Å². The number of benzene rings is 2. The number of cyclic esters (lactones) is 1. The van der Waals surface area contributed by atoms with Crippen molar-refractivity contribution in [1.29, 1.82) is 0 Å². The highest BCUT2D eigenvalue weighted by molar-refractivity contribution is 5.90. The van der Waals surface area contributed by atoms with E-state index in [4.69, 9.17) is 9.47 Å². The highest BCUT2D eigenvalue weighted by Crippen LogP contribution is 2.22. The lowest BCUT2D eigenvalue weighted by atomic mass is 10.1. The Labute approximate surface area is 163 Å². The highest BCUT2D eigenvalue weighted by Gasteiger charge is 2.39. The molecule has 1 unspecified atom stereocenters. The zero-order chi connectivity index (χ0) is 21.6. The number of rotatable bonds is 4. The van der Waals surface area contributed by atoms with Gasteiger partial charge < -0.3 is 15.2 Å². The number of halogens is 2. The molecule has 11 heteroatoms. The van der Waals surface area contributed by atoms with Crippen molar-refractivity contribution in [3.8, 4) is 5.75 Å². The van der Waals surface area contributed by atoms with Crippen molar-refractivity contribution in [3.63, 3.8) is 0 Å². The van der Waals surface area contributed by atoms with E-state index in [0.29, 0.717) is 5.56 Å². The fourth-order valence-electron chi connectivity index (χ4n) is 2.56. The molecule has 2 amide bonds. The number of nitro benzene ring substituents is 1. The second-order valence-corrected chi connectivity index (χ2v) is 5.67. The summed E-state index contributed by atoms with van der Waals surface area (Å²) in [5, 5.41) is 10.6. The number of carbonyl (C=O) groups is 2. The van der Waals surface area contributed by atoms with E-state index in [-0.39, 0.29) is 24.5 Å². The molecule has 1 aliphatic rings. The van der Waals surface area contributed by atoms with E-state index < -0.39 is 34.8 Å². The van der Waals surface area contributed by atoms with Crippen molar-refractivity contribution < 1.29 is 32.8 Å². The van der Waals surface area contributed by atoms with Gasteiger partial charge in [-0.1, -0.05) is 6.07 Å². The third-order valence-corrected chi connectivity index (χ3v) is 3.87. The minimum atomic E-state index is -1.04. The maximum atomic E-state index is 13.3. The number of nitrogens with zero attached hydrogens (tertiary/aromatic N) is 2. The van der Waals surface area contributed by atoms with Crippen LogP contribution in [0.5, 0.6) is 5.75 Å². The van der Waals surface area contributed by atoms with Crippen molar-refractivity contribution in [1.82, 2.24) is 4.90 Å². The Morgan fingerprint density at radius 1 is 1.24 bits per heavy atom. The van der Waals surface area contributed by atoms with Gasteiger partial charge in [0.2, 0.25) is 0 Å². The molecule has 1 heterocycles. The molecule has 0 spiro atoms. The number of nitrogens with two attached hydrogens (primary N) is 1. The highest BCUT2D eigenvalue weighted by atomic mass is 19.2. The molecule has 1 saturated heterocycles. The third kappa shape index (κ3) is 5.23. The fourth-order valence-corrected chi connectivity index (χ4v) is 2.56. The maximum Gasteiger partial charge on any atom is 0.425 e. The Kier molecular flexibility index (Phi) is 7.15. The van der Waals surface area contributed by atoms with Crippen LogP contribution < -0.4 is 10.5 Å². The molecule has 0 aliphatic carbocycles. The molecule has 154 valence electrons. The van der Waals surface area contributed by atoms with Crippen molar-refractivity contribution in [3.05, 3.63) is 69.8 Å². The van der Waals surface area contributed by atoms with Crippen LogP contribution in [0.2, 0.25) is 0 Å². The lowest BCUT2D eigenvalue weighted by Gasteiger charge is -2.19. The fraction of sp³-hybridized carbons (Fsp3) is 0.222. The Hall–Kier alpha value is -3.60. The van der Waals surface area contributed by atoms with E-state index in [0.717, 1.165) is 29.2 Å². The topological polar surface area (TPSA) is 125 Å². The van der Waals surface area contributed by atoms with E-state index in [1.54, 1.807) is 0 Å². The summed E-state index contributed by atoms with van der Waals surface area (Å²) in [6, 6.07) is 7.19. The molecule has 3 rings (SSSR count). The Morgan fingerprint density at radius 3 is 2.48 bits per heavy atom. The predicted molar refractivity (Wildman–Crippen MR) is 96.3 cm³/mol. The number of imide groups is 1. The molecule has 2 aromatic carbocycles. The van der Waals surface area contributed by atoms with Gasteiger partial charge in [0.25, 0.3) is 5.69 Å². The van der Waals surface area contributed by atoms with Crippen LogP contribution in [-0.2, 0) is 11.2 Å². The van der Waals surface area contributed by atoms with Crippen molar-refractivity contribution >= 4 is 17.9 Å². The summed E-state index contributed by atoms with van der Waals surface area (Å²) in [4.78, 5) is 34.9. The van der Waals surface area contributed by atoms with Crippen LogP contribution in [0.3, 0.4) is 0 Å². The van der Waals surface area contributed by atoms with Crippen LogP contribution in [0.15, 0.2) is 42.5 Å². The number of non-ortho nitro benzene ring substituents is 1.